The fraction of sp³-hybridized carbons (Fsp3) is 0.105. The van der Waals surface area contributed by atoms with E-state index in [2.05, 4.69) is 33.5 Å². The largest absolute Gasteiger partial charge is 0.537 e. The van der Waals surface area contributed by atoms with E-state index < -0.39 is 6.16 Å². The van der Waals surface area contributed by atoms with Crippen molar-refractivity contribution in [3.8, 4) is 24.1 Å². The van der Waals surface area contributed by atoms with Gasteiger partial charge in [0.25, 0.3) is 0 Å². The molecule has 2 rings (SSSR count). The Morgan fingerprint density at radius 2 is 1.14 bits per heavy atom. The van der Waals surface area contributed by atoms with Crippen LogP contribution in [0.2, 0.25) is 0 Å². The smallest absolute Gasteiger partial charge is 0.340 e. The van der Waals surface area contributed by atoms with E-state index >= 15 is 0 Å². The average molecular weight is 290 g/mol. The van der Waals surface area contributed by atoms with E-state index in [1.807, 2.05) is 60.7 Å². The number of carbonyl (C=O) groups excluding carboxylic acids is 1. The molecule has 2 aromatic carbocycles. The van der Waals surface area contributed by atoms with Gasteiger partial charge < -0.3 is 9.47 Å². The number of benzene rings is 2. The minimum atomic E-state index is -0.916. The highest BCUT2D eigenvalue weighted by Gasteiger charge is 1.98. The highest BCUT2D eigenvalue weighted by molar-refractivity contribution is 5.62. The Kier molecular flexibility index (Phi) is 6.15. The number of hydrogen-bond acceptors (Lipinski definition) is 3. The van der Waals surface area contributed by atoms with Gasteiger partial charge in [-0.2, -0.15) is 0 Å². The van der Waals surface area contributed by atoms with Crippen LogP contribution in [-0.4, -0.2) is 6.16 Å². The van der Waals surface area contributed by atoms with Gasteiger partial charge in [-0.15, -0.1) is 0 Å². The molecule has 3 nitrogen and oxygen atoms in total. The van der Waals surface area contributed by atoms with E-state index in [9.17, 15) is 4.79 Å². The molecular formula is C19H14O3. The van der Waals surface area contributed by atoms with Crippen molar-refractivity contribution < 1.29 is 14.3 Å². The Labute approximate surface area is 129 Å². The summed E-state index contributed by atoms with van der Waals surface area (Å²) in [5, 5.41) is 0. The summed E-state index contributed by atoms with van der Waals surface area (Å²) in [5.74, 6) is 5.46. The van der Waals surface area contributed by atoms with Gasteiger partial charge in [0.2, 0.25) is 0 Å². The summed E-state index contributed by atoms with van der Waals surface area (Å²) in [6.45, 7) is 0. The lowest BCUT2D eigenvalue weighted by Crippen LogP contribution is -1.99. The molecule has 0 aliphatic carbocycles. The van der Waals surface area contributed by atoms with Crippen molar-refractivity contribution in [2.45, 2.75) is 12.8 Å². The quantitative estimate of drug-likeness (QED) is 0.627. The zero-order chi connectivity index (χ0) is 15.5. The average Bonchev–Trinajstić information content (AvgIpc) is 2.57. The van der Waals surface area contributed by atoms with Crippen molar-refractivity contribution in [2.75, 3.05) is 0 Å². The lowest BCUT2D eigenvalue weighted by molar-refractivity contribution is 0.132. The fourth-order valence-corrected chi connectivity index (χ4v) is 1.64. The van der Waals surface area contributed by atoms with Crippen molar-refractivity contribution in [1.82, 2.24) is 0 Å². The number of ether oxygens (including phenoxy) is 2. The number of rotatable bonds is 2. The monoisotopic (exact) mass is 290 g/mol. The van der Waals surface area contributed by atoms with Gasteiger partial charge in [0.05, 0.1) is 0 Å². The Morgan fingerprint density at radius 3 is 1.55 bits per heavy atom. The van der Waals surface area contributed by atoms with Gasteiger partial charge in [0, 0.05) is 12.8 Å². The van der Waals surface area contributed by atoms with Crippen LogP contribution in [0, 0.1) is 24.1 Å². The first kappa shape index (κ1) is 15.2. The van der Waals surface area contributed by atoms with Gasteiger partial charge in [-0.3, -0.25) is 0 Å². The van der Waals surface area contributed by atoms with Gasteiger partial charge in [-0.05, 0) is 11.1 Å². The van der Waals surface area contributed by atoms with Crippen LogP contribution >= 0.6 is 0 Å². The molecule has 0 radical (unpaired) electrons. The lowest BCUT2D eigenvalue weighted by Gasteiger charge is -1.92. The third-order valence-electron chi connectivity index (χ3n) is 2.68. The van der Waals surface area contributed by atoms with Crippen molar-refractivity contribution in [3.05, 3.63) is 71.8 Å². The molecule has 0 spiro atoms. The first-order valence-corrected chi connectivity index (χ1v) is 6.76. The van der Waals surface area contributed by atoms with E-state index in [1.54, 1.807) is 0 Å². The maximum absolute atomic E-state index is 11.2. The SMILES string of the molecule is O=C(OC#CCc1ccccc1)OC#CCc1ccccc1. The molecule has 0 atom stereocenters. The summed E-state index contributed by atoms with van der Waals surface area (Å²) in [6, 6.07) is 19.3. The Balaban J connectivity index is 1.69. The van der Waals surface area contributed by atoms with Gasteiger partial charge >= 0.3 is 6.16 Å². The molecule has 0 bridgehead atoms. The standard InChI is InChI=1S/C19H14O3/c20-19(21-15-7-13-17-9-3-1-4-10-17)22-16-8-14-18-11-5-2-6-12-18/h1-6,9-12H,13-14H2. The highest BCUT2D eigenvalue weighted by atomic mass is 16.7. The van der Waals surface area contributed by atoms with E-state index in [1.165, 1.54) is 0 Å². The summed E-state index contributed by atoms with van der Waals surface area (Å²) >= 11 is 0. The zero-order valence-electron chi connectivity index (χ0n) is 11.9. The molecule has 0 fully saturated rings. The van der Waals surface area contributed by atoms with Crippen molar-refractivity contribution in [2.24, 2.45) is 0 Å². The predicted molar refractivity (Wildman–Crippen MR) is 83.4 cm³/mol. The maximum Gasteiger partial charge on any atom is 0.537 e. The molecule has 108 valence electrons. The van der Waals surface area contributed by atoms with Crippen LogP contribution in [0.3, 0.4) is 0 Å². The van der Waals surface area contributed by atoms with E-state index in [-0.39, 0.29) is 0 Å². The molecule has 0 saturated carbocycles. The third-order valence-corrected chi connectivity index (χ3v) is 2.68. The van der Waals surface area contributed by atoms with Crippen LogP contribution in [0.15, 0.2) is 60.7 Å². The first-order valence-electron chi connectivity index (χ1n) is 6.76. The van der Waals surface area contributed by atoms with Crippen molar-refractivity contribution >= 4 is 6.16 Å². The van der Waals surface area contributed by atoms with Gasteiger partial charge in [-0.25, -0.2) is 4.79 Å². The van der Waals surface area contributed by atoms with Crippen LogP contribution in [0.5, 0.6) is 0 Å². The van der Waals surface area contributed by atoms with Crippen LogP contribution in [0.4, 0.5) is 4.79 Å². The molecule has 0 heterocycles. The van der Waals surface area contributed by atoms with Crippen molar-refractivity contribution in [1.29, 1.82) is 0 Å². The van der Waals surface area contributed by atoms with Crippen LogP contribution in [0.1, 0.15) is 11.1 Å². The van der Waals surface area contributed by atoms with Crippen molar-refractivity contribution in [3.63, 3.8) is 0 Å². The van der Waals surface area contributed by atoms with Crippen LogP contribution in [-0.2, 0) is 22.3 Å². The molecule has 2 aromatic rings. The molecular weight excluding hydrogens is 276 g/mol. The number of hydrogen-bond donors (Lipinski definition) is 0. The maximum atomic E-state index is 11.2. The van der Waals surface area contributed by atoms with Crippen LogP contribution in [0.25, 0.3) is 0 Å². The second-order valence-electron chi connectivity index (χ2n) is 4.34. The Bertz CT molecular complexity index is 650. The normalized spacial score (nSPS) is 8.73. The lowest BCUT2D eigenvalue weighted by atomic mass is 10.2. The summed E-state index contributed by atoms with van der Waals surface area (Å²) in [7, 11) is 0. The topological polar surface area (TPSA) is 35.5 Å². The van der Waals surface area contributed by atoms with Gasteiger partial charge in [0.1, 0.15) is 12.2 Å². The second-order valence-corrected chi connectivity index (χ2v) is 4.34. The van der Waals surface area contributed by atoms with Gasteiger partial charge in [0.15, 0.2) is 0 Å². The van der Waals surface area contributed by atoms with E-state index in [4.69, 9.17) is 0 Å². The Morgan fingerprint density at radius 1 is 0.727 bits per heavy atom. The van der Waals surface area contributed by atoms with Gasteiger partial charge in [-0.1, -0.05) is 72.5 Å². The number of carbonyl (C=O) groups is 1. The molecule has 0 aliphatic rings. The molecule has 0 N–H and O–H groups in total. The third kappa shape index (κ3) is 5.86. The summed E-state index contributed by atoms with van der Waals surface area (Å²) in [6.07, 6.45) is 4.70. The zero-order valence-corrected chi connectivity index (χ0v) is 11.9. The molecule has 22 heavy (non-hydrogen) atoms. The summed E-state index contributed by atoms with van der Waals surface area (Å²) in [4.78, 5) is 11.2. The summed E-state index contributed by atoms with van der Waals surface area (Å²) < 4.78 is 9.18. The van der Waals surface area contributed by atoms with E-state index in [0.717, 1.165) is 11.1 Å². The minimum Gasteiger partial charge on any atom is -0.340 e. The molecule has 0 aromatic heterocycles. The Hall–Kier alpha value is -3.17. The summed E-state index contributed by atoms with van der Waals surface area (Å²) in [5.41, 5.74) is 2.10. The highest BCUT2D eigenvalue weighted by Crippen LogP contribution is 1.98. The fourth-order valence-electron chi connectivity index (χ4n) is 1.64. The molecule has 0 aliphatic heterocycles. The van der Waals surface area contributed by atoms with E-state index in [0.29, 0.717) is 12.8 Å². The molecule has 3 heteroatoms. The molecule has 0 amide bonds. The first-order chi connectivity index (χ1) is 10.8. The van der Waals surface area contributed by atoms with Crippen LogP contribution < -0.4 is 0 Å². The molecule has 0 saturated heterocycles. The minimum absolute atomic E-state index is 0.508. The second kappa shape index (κ2) is 8.89. The predicted octanol–water partition coefficient (Wildman–Crippen LogP) is 3.55. The molecule has 0 unspecified atom stereocenters.